The fourth-order valence-corrected chi connectivity index (χ4v) is 3.49. The molecule has 0 unspecified atom stereocenters. The largest absolute Gasteiger partial charge is 0.357 e. The highest BCUT2D eigenvalue weighted by atomic mass is 16.5. The second-order valence-corrected chi connectivity index (χ2v) is 7.58. The lowest BCUT2D eigenvalue weighted by atomic mass is 9.92. The topological polar surface area (TPSA) is 108 Å². The highest BCUT2D eigenvalue weighted by Crippen LogP contribution is 2.21. The van der Waals surface area contributed by atoms with Gasteiger partial charge < -0.3 is 10.6 Å². The molecule has 3 amide bonds. The molecule has 0 radical (unpaired) electrons. The SMILES string of the molecule is CNC(=O)[C@H](Cc1cccc2ccccc12)NC(=O)[C@@H](CC(=O)NO)CC(C)C. The van der Waals surface area contributed by atoms with E-state index in [-0.39, 0.29) is 24.2 Å². The molecular formula is C22H29N3O4. The van der Waals surface area contributed by atoms with Gasteiger partial charge in [0.15, 0.2) is 0 Å². The minimum absolute atomic E-state index is 0.144. The Morgan fingerprint density at radius 1 is 1.00 bits per heavy atom. The summed E-state index contributed by atoms with van der Waals surface area (Å²) < 4.78 is 0. The zero-order valence-electron chi connectivity index (χ0n) is 17.1. The number of nitrogens with one attached hydrogen (secondary N) is 3. The van der Waals surface area contributed by atoms with Crippen LogP contribution in [0.15, 0.2) is 42.5 Å². The van der Waals surface area contributed by atoms with Crippen molar-refractivity contribution in [3.8, 4) is 0 Å². The molecule has 0 saturated heterocycles. The lowest BCUT2D eigenvalue weighted by molar-refractivity contribution is -0.136. The van der Waals surface area contributed by atoms with E-state index in [0.29, 0.717) is 12.8 Å². The number of hydrogen-bond acceptors (Lipinski definition) is 4. The standard InChI is InChI=1S/C22H29N3O4/c1-14(2)11-17(13-20(26)25-29)21(27)24-19(22(28)23-3)12-16-9-6-8-15-7-4-5-10-18(15)16/h4-10,14,17,19,29H,11-13H2,1-3H3,(H,23,28)(H,24,27)(H,25,26)/t17-,19+/m1/s1. The molecule has 7 nitrogen and oxygen atoms in total. The second kappa shape index (κ2) is 10.6. The molecule has 0 aliphatic carbocycles. The van der Waals surface area contributed by atoms with Crippen molar-refractivity contribution in [2.24, 2.45) is 11.8 Å². The van der Waals surface area contributed by atoms with E-state index in [1.54, 1.807) is 5.48 Å². The summed E-state index contributed by atoms with van der Waals surface area (Å²) in [6.07, 6.45) is 0.649. The molecule has 0 saturated carbocycles. The number of carbonyl (C=O) groups is 3. The molecule has 0 heterocycles. The molecule has 2 aromatic rings. The van der Waals surface area contributed by atoms with Crippen molar-refractivity contribution in [1.82, 2.24) is 16.1 Å². The van der Waals surface area contributed by atoms with Gasteiger partial charge in [0.25, 0.3) is 0 Å². The zero-order valence-corrected chi connectivity index (χ0v) is 17.1. The number of benzene rings is 2. The van der Waals surface area contributed by atoms with Crippen LogP contribution in [0.1, 0.15) is 32.3 Å². The predicted octanol–water partition coefficient (Wildman–Crippen LogP) is 2.17. The van der Waals surface area contributed by atoms with Crippen molar-refractivity contribution >= 4 is 28.5 Å². The van der Waals surface area contributed by atoms with E-state index in [2.05, 4.69) is 10.6 Å². The van der Waals surface area contributed by atoms with Gasteiger partial charge in [-0.1, -0.05) is 56.3 Å². The molecule has 0 aliphatic rings. The molecular weight excluding hydrogens is 370 g/mol. The summed E-state index contributed by atoms with van der Waals surface area (Å²) >= 11 is 0. The van der Waals surface area contributed by atoms with Gasteiger partial charge in [-0.15, -0.1) is 0 Å². The van der Waals surface area contributed by atoms with Gasteiger partial charge in [0, 0.05) is 25.8 Å². The van der Waals surface area contributed by atoms with Crippen molar-refractivity contribution in [2.75, 3.05) is 7.05 Å². The molecule has 2 rings (SSSR count). The number of hydrogen-bond donors (Lipinski definition) is 4. The highest BCUT2D eigenvalue weighted by Gasteiger charge is 2.28. The number of likely N-dealkylation sites (N-methyl/N-ethyl adjacent to an activating group) is 1. The van der Waals surface area contributed by atoms with E-state index in [1.807, 2.05) is 56.3 Å². The minimum Gasteiger partial charge on any atom is -0.357 e. The number of amides is 3. The summed E-state index contributed by atoms with van der Waals surface area (Å²) in [7, 11) is 1.52. The molecule has 0 spiro atoms. The number of hydroxylamine groups is 1. The van der Waals surface area contributed by atoms with Gasteiger partial charge in [0.1, 0.15) is 6.04 Å². The lowest BCUT2D eigenvalue weighted by Crippen LogP contribution is -2.49. The maximum atomic E-state index is 12.9. The summed E-state index contributed by atoms with van der Waals surface area (Å²) in [5.41, 5.74) is 2.52. The van der Waals surface area contributed by atoms with Crippen LogP contribution in [0.4, 0.5) is 0 Å². The van der Waals surface area contributed by atoms with E-state index >= 15 is 0 Å². The highest BCUT2D eigenvalue weighted by molar-refractivity contribution is 5.92. The van der Waals surface area contributed by atoms with Crippen molar-refractivity contribution in [3.63, 3.8) is 0 Å². The fraction of sp³-hybridized carbons (Fsp3) is 0.409. The summed E-state index contributed by atoms with van der Waals surface area (Å²) in [5.74, 6) is -1.77. The maximum absolute atomic E-state index is 12.9. The second-order valence-electron chi connectivity index (χ2n) is 7.58. The molecule has 2 atom stereocenters. The molecule has 4 N–H and O–H groups in total. The minimum atomic E-state index is -0.773. The molecule has 29 heavy (non-hydrogen) atoms. The molecule has 7 heteroatoms. The Bertz CT molecular complexity index is 861. The van der Waals surface area contributed by atoms with Gasteiger partial charge in [-0.2, -0.15) is 0 Å². The number of carbonyl (C=O) groups excluding carboxylic acids is 3. The van der Waals surface area contributed by atoms with Gasteiger partial charge in [-0.25, -0.2) is 5.48 Å². The van der Waals surface area contributed by atoms with E-state index in [4.69, 9.17) is 5.21 Å². The first kappa shape index (κ1) is 22.4. The van der Waals surface area contributed by atoms with Gasteiger partial charge in [-0.05, 0) is 28.7 Å². The van der Waals surface area contributed by atoms with Gasteiger partial charge >= 0.3 is 0 Å². The summed E-state index contributed by atoms with van der Waals surface area (Å²) in [6.45, 7) is 3.90. The van der Waals surface area contributed by atoms with Crippen LogP contribution < -0.4 is 16.1 Å². The first-order valence-corrected chi connectivity index (χ1v) is 9.77. The van der Waals surface area contributed by atoms with Crippen LogP contribution in [0.25, 0.3) is 10.8 Å². The number of fused-ring (bicyclic) bond motifs is 1. The lowest BCUT2D eigenvalue weighted by Gasteiger charge is -2.23. The van der Waals surface area contributed by atoms with Gasteiger partial charge in [0.05, 0.1) is 0 Å². The molecule has 0 fully saturated rings. The Balaban J connectivity index is 2.23. The Morgan fingerprint density at radius 3 is 2.34 bits per heavy atom. The third-order valence-electron chi connectivity index (χ3n) is 4.87. The van der Waals surface area contributed by atoms with Crippen LogP contribution in [0, 0.1) is 11.8 Å². The van der Waals surface area contributed by atoms with E-state index < -0.39 is 17.9 Å². The van der Waals surface area contributed by atoms with Crippen LogP contribution in [-0.4, -0.2) is 36.0 Å². The van der Waals surface area contributed by atoms with E-state index in [9.17, 15) is 14.4 Å². The smallest absolute Gasteiger partial charge is 0.244 e. The van der Waals surface area contributed by atoms with Crippen molar-refractivity contribution < 1.29 is 19.6 Å². The summed E-state index contributed by atoms with van der Waals surface area (Å²) in [5, 5.41) is 16.3. The third-order valence-corrected chi connectivity index (χ3v) is 4.87. The Labute approximate surface area is 170 Å². The third kappa shape index (κ3) is 6.29. The van der Waals surface area contributed by atoms with Crippen molar-refractivity contribution in [3.05, 3.63) is 48.0 Å². The van der Waals surface area contributed by atoms with Crippen LogP contribution >= 0.6 is 0 Å². The van der Waals surface area contributed by atoms with Gasteiger partial charge in [-0.3, -0.25) is 19.6 Å². The van der Waals surface area contributed by atoms with Gasteiger partial charge in [0.2, 0.25) is 17.7 Å². The quantitative estimate of drug-likeness (QED) is 0.383. The van der Waals surface area contributed by atoms with E-state index in [0.717, 1.165) is 16.3 Å². The molecule has 0 aromatic heterocycles. The van der Waals surface area contributed by atoms with Crippen LogP contribution in [0.3, 0.4) is 0 Å². The Kier molecular flexibility index (Phi) is 8.15. The monoisotopic (exact) mass is 399 g/mol. The Morgan fingerprint density at radius 2 is 1.69 bits per heavy atom. The number of rotatable bonds is 9. The van der Waals surface area contributed by atoms with Crippen molar-refractivity contribution in [2.45, 2.75) is 39.2 Å². The van der Waals surface area contributed by atoms with E-state index in [1.165, 1.54) is 7.05 Å². The summed E-state index contributed by atoms with van der Waals surface area (Å²) in [4.78, 5) is 36.9. The molecule has 2 aromatic carbocycles. The maximum Gasteiger partial charge on any atom is 0.244 e. The average Bonchev–Trinajstić information content (AvgIpc) is 2.71. The predicted molar refractivity (Wildman–Crippen MR) is 111 cm³/mol. The van der Waals surface area contributed by atoms with Crippen LogP contribution in [0.5, 0.6) is 0 Å². The Hall–Kier alpha value is -2.93. The molecule has 0 aliphatic heterocycles. The summed E-state index contributed by atoms with van der Waals surface area (Å²) in [6, 6.07) is 13.0. The van der Waals surface area contributed by atoms with Crippen LogP contribution in [0.2, 0.25) is 0 Å². The van der Waals surface area contributed by atoms with Crippen LogP contribution in [-0.2, 0) is 20.8 Å². The molecule has 156 valence electrons. The first-order valence-electron chi connectivity index (χ1n) is 9.77. The molecule has 0 bridgehead atoms. The first-order chi connectivity index (χ1) is 13.8. The fourth-order valence-electron chi connectivity index (χ4n) is 3.49. The average molecular weight is 399 g/mol. The van der Waals surface area contributed by atoms with Crippen molar-refractivity contribution in [1.29, 1.82) is 0 Å². The zero-order chi connectivity index (χ0) is 21.4. The normalized spacial score (nSPS) is 13.0.